The normalized spacial score (nSPS) is 16.7. The lowest BCUT2D eigenvalue weighted by Gasteiger charge is -2.55. The van der Waals surface area contributed by atoms with Crippen LogP contribution in [-0.2, 0) is 74.1 Å². The zero-order valence-corrected chi connectivity index (χ0v) is 67.3. The van der Waals surface area contributed by atoms with Crippen molar-refractivity contribution in [3.8, 4) is 23.0 Å². The summed E-state index contributed by atoms with van der Waals surface area (Å²) in [5.74, 6) is 3.08. The second-order valence-electron chi connectivity index (χ2n) is 30.1. The number of ether oxygens (including phenoxy) is 2. The van der Waals surface area contributed by atoms with Gasteiger partial charge in [0.1, 0.15) is 34.9 Å². The van der Waals surface area contributed by atoms with E-state index in [1.165, 1.54) is 73.6 Å². The Bertz CT molecular complexity index is 4620. The van der Waals surface area contributed by atoms with Crippen LogP contribution in [0.3, 0.4) is 0 Å². The number of aryl methyl sites for hydroxylation is 4. The van der Waals surface area contributed by atoms with Crippen LogP contribution < -0.4 is 8.92 Å². The topological polar surface area (TPSA) is 119 Å². The largest absolute Gasteiger partial charge is 0.534 e. The van der Waals surface area contributed by atoms with Crippen LogP contribution in [0, 0.1) is 45.4 Å². The van der Waals surface area contributed by atoms with Crippen molar-refractivity contribution in [1.29, 1.82) is 0 Å². The SMILES string of the molecule is C[S+](c1ccc(C(C)(C)C)cc1)c1ccc(C(C)(C)C)cc1.Cc1cc([S+](c2ccccc2)c2ccccc2)cc(C)c1OCC(=O)OC12CC3CC(CC(C3)C1)C2.Cc1cc([S+](c2ccccc2)c2ccccc2)cc(C)c1OS(=O)(=O)C(F)(F)F.Oc1ccc([S+](c2ccccc2)c2ccc(O)cc2)cc1. The van der Waals surface area contributed by atoms with Gasteiger partial charge in [0.25, 0.3) is 0 Å². The van der Waals surface area contributed by atoms with Crippen LogP contribution in [0.5, 0.6) is 23.0 Å². The fraction of sp³-hybridized carbons (Fsp3) is 0.272. The standard InChI is InChI=1S/C32H35O3S.C21H18F3O3S2.C21H29S.C18H14O2S/c1-22-13-29(36(27-9-5-3-6-10-27)28-11-7-4-8-12-28)14-23(2)31(22)34-21-30(33)35-32-18-24-15-25(19-32)17-26(16-24)20-32;1-15-13-19(14-16(2)20(15)27-29(25,26)21(22,23)24)28(17-9-5-3-6-10-17)18-11-7-4-8-12-18;1-20(2,3)16-8-12-18(13-9-16)22(7)19-14-10-17(11-15-19)21(4,5)6;19-14-6-10-17(11-7-14)21(16-4-2-1-3-5-16)18-12-8-15(20)9-13-18/h3-14,24-26H,15-21H2,1-2H3;3-14H,1-2H3;8-15H,1-7H3;1-13H,(H-,19,20)/q3*+1;/p+1. The zero-order chi connectivity index (χ0) is 77.1. The van der Waals surface area contributed by atoms with Gasteiger partial charge in [0.15, 0.2) is 60.5 Å². The quantitative estimate of drug-likeness (QED) is 0.0400. The fourth-order valence-electron chi connectivity index (χ4n) is 14.8. The lowest BCUT2D eigenvalue weighted by atomic mass is 9.54. The first-order valence-corrected chi connectivity index (χ1v) is 43.1. The van der Waals surface area contributed by atoms with Gasteiger partial charge < -0.3 is 23.9 Å². The number of alkyl halides is 3. The molecule has 4 fully saturated rings. The van der Waals surface area contributed by atoms with E-state index in [9.17, 15) is 36.6 Å². The van der Waals surface area contributed by atoms with Gasteiger partial charge in [-0.15, -0.1) is 0 Å². The van der Waals surface area contributed by atoms with E-state index in [0.29, 0.717) is 11.1 Å². The first kappa shape index (κ1) is 80.3. The Balaban J connectivity index is 0.000000147. The molecule has 0 heterocycles. The third-order valence-corrected chi connectivity index (χ3v) is 29.2. The molecule has 0 spiro atoms. The molecule has 15 rings (SSSR count). The molecule has 0 saturated heterocycles. The smallest absolute Gasteiger partial charge is 0.508 e. The Labute approximate surface area is 648 Å². The molecule has 11 aromatic carbocycles. The lowest BCUT2D eigenvalue weighted by Crippen LogP contribution is -2.53. The van der Waals surface area contributed by atoms with E-state index >= 15 is 0 Å². The molecule has 108 heavy (non-hydrogen) atoms. The predicted molar refractivity (Wildman–Crippen MR) is 435 cm³/mol. The summed E-state index contributed by atoms with van der Waals surface area (Å²) in [6.45, 7) is 20.8. The Kier molecular flexibility index (Phi) is 25.9. The monoisotopic (exact) mass is 1550 g/mol. The molecule has 4 aliphatic carbocycles. The van der Waals surface area contributed by atoms with Crippen LogP contribution in [0.1, 0.15) is 113 Å². The molecule has 8 nitrogen and oxygen atoms in total. The van der Waals surface area contributed by atoms with Crippen LogP contribution in [0.15, 0.2) is 327 Å². The molecule has 4 aliphatic rings. The number of aromatic hydroxyl groups is 2. The van der Waals surface area contributed by atoms with Gasteiger partial charge in [-0.1, -0.05) is 157 Å². The number of hydrogen-bond acceptors (Lipinski definition) is 8. The van der Waals surface area contributed by atoms with Crippen LogP contribution in [0.4, 0.5) is 13.2 Å². The van der Waals surface area contributed by atoms with Gasteiger partial charge in [-0.25, -0.2) is 4.79 Å². The van der Waals surface area contributed by atoms with Crippen molar-refractivity contribution < 1.29 is 50.3 Å². The second-order valence-corrected chi connectivity index (χ2v) is 39.7. The highest BCUT2D eigenvalue weighted by atomic mass is 32.2. The van der Waals surface area contributed by atoms with Gasteiger partial charge in [-0.05, 0) is 262 Å². The van der Waals surface area contributed by atoms with Gasteiger partial charge in [0.05, 0.1) is 43.6 Å². The molecule has 0 aliphatic heterocycles. The van der Waals surface area contributed by atoms with E-state index in [0.717, 1.165) is 78.4 Å². The van der Waals surface area contributed by atoms with Crippen molar-refractivity contribution >= 4 is 59.7 Å². The number of hydrogen-bond donors (Lipinski definition) is 2. The molecule has 2 N–H and O–H groups in total. The molecule has 0 aromatic heterocycles. The highest BCUT2D eigenvalue weighted by molar-refractivity contribution is 7.98. The van der Waals surface area contributed by atoms with Gasteiger partial charge in [-0.3, -0.25) is 0 Å². The molecule has 0 amide bonds. The first-order chi connectivity index (χ1) is 51.4. The molecule has 0 radical (unpaired) electrons. The number of halogens is 3. The minimum Gasteiger partial charge on any atom is -0.508 e. The number of esters is 1. The highest BCUT2D eigenvalue weighted by Crippen LogP contribution is 2.57. The minimum atomic E-state index is -5.73. The number of phenols is 2. The molecular weight excluding hydrogens is 1450 g/mol. The van der Waals surface area contributed by atoms with E-state index in [1.54, 1.807) is 36.4 Å². The van der Waals surface area contributed by atoms with Crippen molar-refractivity contribution in [1.82, 2.24) is 0 Å². The Morgan fingerprint density at radius 3 is 0.963 bits per heavy atom. The molecule has 4 bridgehead atoms. The third-order valence-electron chi connectivity index (χ3n) is 19.6. The molecule has 560 valence electrons. The number of carbonyl (C=O) groups excluding carboxylic acids is 1. The molecule has 0 unspecified atom stereocenters. The van der Waals surface area contributed by atoms with Gasteiger partial charge >= 0.3 is 21.6 Å². The average Bonchev–Trinajstić information content (AvgIpc) is 0.750. The maximum Gasteiger partial charge on any atom is 0.534 e. The Hall–Kier alpha value is -8.77. The summed E-state index contributed by atoms with van der Waals surface area (Å²) >= 11 is 0. The third kappa shape index (κ3) is 20.4. The number of rotatable bonds is 17. The van der Waals surface area contributed by atoms with E-state index in [1.807, 2.05) is 103 Å². The Morgan fingerprint density at radius 1 is 0.407 bits per heavy atom. The summed E-state index contributed by atoms with van der Waals surface area (Å²) < 4.78 is 77.8. The molecule has 16 heteroatoms. The van der Waals surface area contributed by atoms with Gasteiger partial charge in [0.2, 0.25) is 0 Å². The van der Waals surface area contributed by atoms with Crippen LogP contribution in [0.25, 0.3) is 0 Å². The summed E-state index contributed by atoms with van der Waals surface area (Å²) in [5.41, 5.74) is 0.278. The fourth-order valence-corrected chi connectivity index (χ4v) is 23.3. The summed E-state index contributed by atoms with van der Waals surface area (Å²) in [6.07, 6.45) is 9.50. The van der Waals surface area contributed by atoms with E-state index < -0.39 is 26.5 Å². The van der Waals surface area contributed by atoms with Crippen molar-refractivity contribution in [3.05, 3.63) is 306 Å². The molecule has 11 aromatic rings. The molecule has 4 saturated carbocycles. The van der Waals surface area contributed by atoms with Crippen molar-refractivity contribution in [3.63, 3.8) is 0 Å². The summed E-state index contributed by atoms with van der Waals surface area (Å²) in [4.78, 5) is 26.0. The summed E-state index contributed by atoms with van der Waals surface area (Å²) in [6, 6.07) is 91.7. The first-order valence-electron chi connectivity index (χ1n) is 36.4. The number of phenolic OH excluding ortho intramolecular Hbond substituents is 2. The maximum atomic E-state index is 12.9. The molecule has 0 atom stereocenters. The van der Waals surface area contributed by atoms with E-state index in [4.69, 9.17) is 9.47 Å². The number of benzene rings is 11. The Morgan fingerprint density at radius 2 is 0.676 bits per heavy atom. The van der Waals surface area contributed by atoms with Crippen molar-refractivity contribution in [2.75, 3.05) is 12.9 Å². The second kappa shape index (κ2) is 34.9. The van der Waals surface area contributed by atoms with Crippen LogP contribution >= 0.6 is 0 Å². The summed E-state index contributed by atoms with van der Waals surface area (Å²) in [7, 11) is -6.57. The van der Waals surface area contributed by atoms with E-state index in [-0.39, 0.29) is 78.9 Å². The average molecular weight is 1550 g/mol. The molecular formula is C92H97F3O8S5+4. The number of carbonyl (C=O) groups is 1. The van der Waals surface area contributed by atoms with Crippen LogP contribution in [0.2, 0.25) is 0 Å². The predicted octanol–water partition coefficient (Wildman–Crippen LogP) is 23.1. The lowest BCUT2D eigenvalue weighted by molar-refractivity contribution is -0.188. The van der Waals surface area contributed by atoms with Crippen LogP contribution in [-0.4, -0.2) is 48.6 Å². The maximum absolute atomic E-state index is 12.9. The van der Waals surface area contributed by atoms with Crippen molar-refractivity contribution in [2.24, 2.45) is 17.8 Å². The minimum absolute atomic E-state index is 0.0220. The van der Waals surface area contributed by atoms with Gasteiger partial charge in [-0.2, -0.15) is 21.6 Å². The van der Waals surface area contributed by atoms with E-state index in [2.05, 4.69) is 199 Å². The highest BCUT2D eigenvalue weighted by Gasteiger charge is 2.53. The zero-order valence-electron chi connectivity index (χ0n) is 63.2. The summed E-state index contributed by atoms with van der Waals surface area (Å²) in [5, 5.41) is 19.0. The van der Waals surface area contributed by atoms with Gasteiger partial charge in [0, 0.05) is 24.3 Å². The van der Waals surface area contributed by atoms with Crippen molar-refractivity contribution in [2.45, 2.75) is 184 Å².